The van der Waals surface area contributed by atoms with Gasteiger partial charge in [0.1, 0.15) is 17.2 Å². The molecule has 10 heteroatoms. The lowest BCUT2D eigenvalue weighted by Crippen LogP contribution is -2.70. The van der Waals surface area contributed by atoms with Crippen LogP contribution in [-0.4, -0.2) is 60.3 Å². The number of alkyl halides is 3. The van der Waals surface area contributed by atoms with Crippen molar-refractivity contribution in [2.45, 2.75) is 11.8 Å². The minimum Gasteiger partial charge on any atom is -0.439 e. The molecule has 0 unspecified atom stereocenters. The zero-order valence-electron chi connectivity index (χ0n) is 15.0. The van der Waals surface area contributed by atoms with E-state index in [1.54, 1.807) is 4.90 Å². The summed E-state index contributed by atoms with van der Waals surface area (Å²) in [6, 6.07) is 5.81. The van der Waals surface area contributed by atoms with Crippen LogP contribution in [0.15, 0.2) is 30.3 Å². The van der Waals surface area contributed by atoms with E-state index < -0.39 is 23.3 Å². The Morgan fingerprint density at radius 2 is 1.93 bits per heavy atom. The summed E-state index contributed by atoms with van der Waals surface area (Å²) in [5, 5.41) is 0. The Morgan fingerprint density at radius 1 is 1.14 bits per heavy atom. The summed E-state index contributed by atoms with van der Waals surface area (Å²) >= 11 is 0. The molecular formula is C18H18F4N4O2. The summed E-state index contributed by atoms with van der Waals surface area (Å²) in [6.45, 7) is 2.85. The van der Waals surface area contributed by atoms with Gasteiger partial charge in [-0.1, -0.05) is 6.07 Å². The molecule has 0 atom stereocenters. The molecule has 1 spiro atoms. The maximum absolute atomic E-state index is 13.3. The molecule has 0 radical (unpaired) electrons. The number of rotatable bonds is 3. The number of aromatic nitrogens is 2. The molecule has 1 aromatic carbocycles. The minimum atomic E-state index is -4.66. The Hall–Kier alpha value is -2.46. The minimum absolute atomic E-state index is 0.0510. The third kappa shape index (κ3) is 3.88. The van der Waals surface area contributed by atoms with E-state index >= 15 is 0 Å². The molecular weight excluding hydrogens is 380 g/mol. The Kier molecular flexibility index (Phi) is 4.62. The third-order valence-electron chi connectivity index (χ3n) is 4.68. The van der Waals surface area contributed by atoms with Crippen molar-refractivity contribution in [2.75, 3.05) is 44.7 Å². The van der Waals surface area contributed by atoms with Crippen LogP contribution in [0.2, 0.25) is 0 Å². The van der Waals surface area contributed by atoms with E-state index in [4.69, 9.17) is 9.47 Å². The fourth-order valence-corrected chi connectivity index (χ4v) is 3.42. The zero-order chi connectivity index (χ0) is 19.9. The van der Waals surface area contributed by atoms with E-state index in [0.717, 1.165) is 12.6 Å². The molecule has 4 rings (SSSR count). The van der Waals surface area contributed by atoms with Crippen LogP contribution in [0.1, 0.15) is 5.69 Å². The molecule has 2 aromatic rings. The Balaban J connectivity index is 1.59. The molecule has 2 aliphatic rings. The molecule has 2 saturated heterocycles. The predicted molar refractivity (Wildman–Crippen MR) is 91.9 cm³/mol. The maximum Gasteiger partial charge on any atom is 0.433 e. The van der Waals surface area contributed by atoms with Crippen LogP contribution in [0.25, 0.3) is 0 Å². The molecule has 0 saturated carbocycles. The van der Waals surface area contributed by atoms with Crippen molar-refractivity contribution in [3.05, 3.63) is 41.8 Å². The number of likely N-dealkylation sites (N-methyl/N-ethyl adjacent to an activating group) is 1. The van der Waals surface area contributed by atoms with E-state index in [0.29, 0.717) is 32.3 Å². The van der Waals surface area contributed by atoms with E-state index in [-0.39, 0.29) is 17.6 Å². The quantitative estimate of drug-likeness (QED) is 0.741. The van der Waals surface area contributed by atoms with Gasteiger partial charge < -0.3 is 19.3 Å². The average Bonchev–Trinajstić information content (AvgIpc) is 2.58. The standard InChI is InChI=1S/C18H18F4N4O2/c1-25-5-6-27-17(9-25)10-26(11-17)16-23-14(18(20,21)22)8-15(24-16)28-13-4-2-3-12(19)7-13/h2-4,7-8H,5-6,9-11H2,1H3. The van der Waals surface area contributed by atoms with Crippen LogP contribution >= 0.6 is 0 Å². The number of halogens is 4. The van der Waals surface area contributed by atoms with Crippen LogP contribution in [0.3, 0.4) is 0 Å². The van der Waals surface area contributed by atoms with Crippen LogP contribution in [0.4, 0.5) is 23.5 Å². The summed E-state index contributed by atoms with van der Waals surface area (Å²) in [5.74, 6) is -0.907. The Bertz CT molecular complexity index is 871. The summed E-state index contributed by atoms with van der Waals surface area (Å²) < 4.78 is 64.3. The SMILES string of the molecule is CN1CCOC2(C1)CN(c1nc(Oc3cccc(F)c3)cc(C(F)(F)F)n1)C2. The van der Waals surface area contributed by atoms with Crippen molar-refractivity contribution in [1.29, 1.82) is 0 Å². The van der Waals surface area contributed by atoms with Crippen LogP contribution in [-0.2, 0) is 10.9 Å². The molecule has 2 fully saturated rings. The van der Waals surface area contributed by atoms with Crippen molar-refractivity contribution >= 4 is 5.95 Å². The van der Waals surface area contributed by atoms with Gasteiger partial charge in [0.2, 0.25) is 11.8 Å². The fraction of sp³-hybridized carbons (Fsp3) is 0.444. The van der Waals surface area contributed by atoms with Crippen LogP contribution in [0.5, 0.6) is 11.6 Å². The molecule has 6 nitrogen and oxygen atoms in total. The van der Waals surface area contributed by atoms with E-state index in [9.17, 15) is 17.6 Å². The van der Waals surface area contributed by atoms with E-state index in [2.05, 4.69) is 14.9 Å². The molecule has 3 heterocycles. The molecule has 0 N–H and O–H groups in total. The molecule has 0 amide bonds. The number of nitrogens with zero attached hydrogens (tertiary/aromatic N) is 4. The normalized spacial score (nSPS) is 19.5. The lowest BCUT2D eigenvalue weighted by atomic mass is 9.92. The van der Waals surface area contributed by atoms with Crippen LogP contribution in [0, 0.1) is 5.82 Å². The molecule has 1 aromatic heterocycles. The van der Waals surface area contributed by atoms with Gasteiger partial charge >= 0.3 is 6.18 Å². The first kappa shape index (κ1) is 18.9. The van der Waals surface area contributed by atoms with Gasteiger partial charge in [0.15, 0.2) is 5.69 Å². The van der Waals surface area contributed by atoms with Crippen molar-refractivity contribution in [3.8, 4) is 11.6 Å². The highest BCUT2D eigenvalue weighted by Gasteiger charge is 2.48. The number of morpholine rings is 1. The van der Waals surface area contributed by atoms with Crippen molar-refractivity contribution in [1.82, 2.24) is 14.9 Å². The second kappa shape index (κ2) is 6.85. The topological polar surface area (TPSA) is 50.7 Å². The van der Waals surface area contributed by atoms with Gasteiger partial charge in [-0.25, -0.2) is 9.37 Å². The highest BCUT2D eigenvalue weighted by Crippen LogP contribution is 2.36. The number of ether oxygens (including phenoxy) is 2. The fourth-order valence-electron chi connectivity index (χ4n) is 3.42. The number of hydrogen-bond donors (Lipinski definition) is 0. The lowest BCUT2D eigenvalue weighted by Gasteiger charge is -2.53. The first-order chi connectivity index (χ1) is 13.2. The molecule has 150 valence electrons. The van der Waals surface area contributed by atoms with Gasteiger partial charge in [-0.05, 0) is 19.2 Å². The Morgan fingerprint density at radius 3 is 2.61 bits per heavy atom. The predicted octanol–water partition coefficient (Wildman–Crippen LogP) is 2.95. The number of benzene rings is 1. The Labute approximate surface area is 158 Å². The highest BCUT2D eigenvalue weighted by molar-refractivity contribution is 5.42. The van der Waals surface area contributed by atoms with Gasteiger partial charge in [-0.15, -0.1) is 0 Å². The molecule has 0 bridgehead atoms. The first-order valence-electron chi connectivity index (χ1n) is 8.70. The molecule has 28 heavy (non-hydrogen) atoms. The highest BCUT2D eigenvalue weighted by atomic mass is 19.4. The zero-order valence-corrected chi connectivity index (χ0v) is 15.0. The number of anilines is 1. The first-order valence-corrected chi connectivity index (χ1v) is 8.70. The number of hydrogen-bond acceptors (Lipinski definition) is 6. The second-order valence-electron chi connectivity index (χ2n) is 7.07. The summed E-state index contributed by atoms with van der Waals surface area (Å²) in [7, 11) is 1.97. The van der Waals surface area contributed by atoms with Gasteiger partial charge in [-0.3, -0.25) is 0 Å². The second-order valence-corrected chi connectivity index (χ2v) is 7.07. The van der Waals surface area contributed by atoms with Crippen molar-refractivity contribution < 1.29 is 27.0 Å². The van der Waals surface area contributed by atoms with Crippen molar-refractivity contribution in [2.24, 2.45) is 0 Å². The van der Waals surface area contributed by atoms with Gasteiger partial charge in [0.25, 0.3) is 0 Å². The van der Waals surface area contributed by atoms with Gasteiger partial charge in [-0.2, -0.15) is 18.2 Å². The van der Waals surface area contributed by atoms with Crippen molar-refractivity contribution in [3.63, 3.8) is 0 Å². The summed E-state index contributed by atoms with van der Waals surface area (Å²) in [5.41, 5.74) is -1.54. The van der Waals surface area contributed by atoms with E-state index in [1.807, 2.05) is 7.05 Å². The largest absolute Gasteiger partial charge is 0.439 e. The molecule has 2 aliphatic heterocycles. The lowest BCUT2D eigenvalue weighted by molar-refractivity contribution is -0.141. The monoisotopic (exact) mass is 398 g/mol. The summed E-state index contributed by atoms with van der Waals surface area (Å²) in [6.07, 6.45) is -4.66. The van der Waals surface area contributed by atoms with Crippen LogP contribution < -0.4 is 9.64 Å². The molecule has 0 aliphatic carbocycles. The maximum atomic E-state index is 13.3. The van der Waals surface area contributed by atoms with Gasteiger partial charge in [0.05, 0.1) is 19.7 Å². The average molecular weight is 398 g/mol. The summed E-state index contributed by atoms with van der Waals surface area (Å²) in [4.78, 5) is 11.5. The smallest absolute Gasteiger partial charge is 0.433 e. The third-order valence-corrected chi connectivity index (χ3v) is 4.68. The van der Waals surface area contributed by atoms with Gasteiger partial charge in [0, 0.05) is 25.2 Å². The van der Waals surface area contributed by atoms with E-state index in [1.165, 1.54) is 18.2 Å².